The van der Waals surface area contributed by atoms with Crippen LogP contribution in [0.3, 0.4) is 0 Å². The molecule has 0 amide bonds. The number of anilines is 1. The van der Waals surface area contributed by atoms with Gasteiger partial charge >= 0.3 is 5.97 Å². The van der Waals surface area contributed by atoms with Gasteiger partial charge in [0, 0.05) is 22.7 Å². The fourth-order valence-corrected chi connectivity index (χ4v) is 2.99. The molecule has 0 spiro atoms. The second-order valence-corrected chi connectivity index (χ2v) is 5.35. The van der Waals surface area contributed by atoms with Crippen molar-refractivity contribution >= 4 is 34.2 Å². The first-order valence-electron chi connectivity index (χ1n) is 5.88. The highest BCUT2D eigenvalue weighted by molar-refractivity contribution is 14.1. The lowest BCUT2D eigenvalue weighted by Gasteiger charge is -2.21. The van der Waals surface area contributed by atoms with Crippen molar-refractivity contribution < 1.29 is 14.3 Å². The van der Waals surface area contributed by atoms with Gasteiger partial charge in [-0.3, -0.25) is 0 Å². The van der Waals surface area contributed by atoms with Gasteiger partial charge in [0.1, 0.15) is 11.3 Å². The fourth-order valence-electron chi connectivity index (χ4n) is 2.18. The number of halogens is 1. The molecule has 1 aliphatic heterocycles. The second-order valence-electron chi connectivity index (χ2n) is 4.19. The quantitative estimate of drug-likeness (QED) is 0.613. The van der Waals surface area contributed by atoms with Gasteiger partial charge in [-0.25, -0.2) is 4.79 Å². The summed E-state index contributed by atoms with van der Waals surface area (Å²) in [5.74, 6) is 0.210. The predicted molar refractivity (Wildman–Crippen MR) is 78.5 cm³/mol. The average molecular weight is 361 g/mol. The zero-order valence-corrected chi connectivity index (χ0v) is 12.7. The molecule has 4 nitrogen and oxygen atoms in total. The standard InChI is InChI=1S/C13H16INO3/c1-17-12-8-11(15-5-3-4-6-15)10(14)7-9(12)13(16)18-2/h7-8H,3-6H2,1-2H3. The Labute approximate surface area is 120 Å². The molecular formula is C13H16INO3. The van der Waals surface area contributed by atoms with E-state index in [1.807, 2.05) is 12.1 Å². The van der Waals surface area contributed by atoms with Crippen molar-refractivity contribution in [3.05, 3.63) is 21.3 Å². The molecule has 0 aromatic heterocycles. The van der Waals surface area contributed by atoms with E-state index in [1.54, 1.807) is 7.11 Å². The zero-order valence-electron chi connectivity index (χ0n) is 10.5. The maximum absolute atomic E-state index is 11.7. The Bertz CT molecular complexity index is 456. The third kappa shape index (κ3) is 2.55. The Morgan fingerprint density at radius 2 is 1.94 bits per heavy atom. The van der Waals surface area contributed by atoms with E-state index in [0.29, 0.717) is 11.3 Å². The van der Waals surface area contributed by atoms with Crippen LogP contribution in [0.5, 0.6) is 5.75 Å². The van der Waals surface area contributed by atoms with Gasteiger partial charge in [0.25, 0.3) is 0 Å². The van der Waals surface area contributed by atoms with Gasteiger partial charge in [-0.2, -0.15) is 0 Å². The van der Waals surface area contributed by atoms with Gasteiger partial charge in [-0.1, -0.05) is 0 Å². The summed E-state index contributed by atoms with van der Waals surface area (Å²) < 4.78 is 11.1. The van der Waals surface area contributed by atoms with Crippen molar-refractivity contribution in [2.24, 2.45) is 0 Å². The number of methoxy groups -OCH3 is 2. The molecule has 98 valence electrons. The molecule has 1 aromatic carbocycles. The number of nitrogens with zero attached hydrogens (tertiary/aromatic N) is 1. The molecule has 1 aliphatic rings. The molecule has 1 aromatic rings. The van der Waals surface area contributed by atoms with Gasteiger partial charge in [0.05, 0.1) is 19.9 Å². The van der Waals surface area contributed by atoms with Crippen LogP contribution >= 0.6 is 22.6 Å². The van der Waals surface area contributed by atoms with Crippen LogP contribution < -0.4 is 9.64 Å². The molecule has 1 heterocycles. The largest absolute Gasteiger partial charge is 0.496 e. The first-order valence-corrected chi connectivity index (χ1v) is 6.96. The summed E-state index contributed by atoms with van der Waals surface area (Å²) in [5.41, 5.74) is 1.62. The maximum atomic E-state index is 11.7. The lowest BCUT2D eigenvalue weighted by Crippen LogP contribution is -2.19. The highest BCUT2D eigenvalue weighted by atomic mass is 127. The fraction of sp³-hybridized carbons (Fsp3) is 0.462. The molecule has 0 N–H and O–H groups in total. The maximum Gasteiger partial charge on any atom is 0.341 e. The predicted octanol–water partition coefficient (Wildman–Crippen LogP) is 2.69. The topological polar surface area (TPSA) is 38.8 Å². The summed E-state index contributed by atoms with van der Waals surface area (Å²) >= 11 is 2.25. The van der Waals surface area contributed by atoms with Crippen LogP contribution in [0.2, 0.25) is 0 Å². The summed E-state index contributed by atoms with van der Waals surface area (Å²) in [7, 11) is 2.95. The van der Waals surface area contributed by atoms with E-state index in [4.69, 9.17) is 9.47 Å². The lowest BCUT2D eigenvalue weighted by molar-refractivity contribution is 0.0597. The van der Waals surface area contributed by atoms with Crippen LogP contribution in [0.4, 0.5) is 5.69 Å². The highest BCUT2D eigenvalue weighted by Gasteiger charge is 2.20. The number of carbonyl (C=O) groups excluding carboxylic acids is 1. The van der Waals surface area contributed by atoms with Crippen LogP contribution in [-0.4, -0.2) is 33.3 Å². The van der Waals surface area contributed by atoms with Gasteiger partial charge in [-0.15, -0.1) is 0 Å². The van der Waals surface area contributed by atoms with Crippen LogP contribution in [0, 0.1) is 3.57 Å². The molecule has 1 fully saturated rings. The number of esters is 1. The van der Waals surface area contributed by atoms with Gasteiger partial charge < -0.3 is 14.4 Å². The SMILES string of the molecule is COC(=O)c1cc(I)c(N2CCCC2)cc1OC. The summed E-state index contributed by atoms with van der Waals surface area (Å²) in [4.78, 5) is 14.0. The monoisotopic (exact) mass is 361 g/mol. The van der Waals surface area contributed by atoms with E-state index >= 15 is 0 Å². The minimum Gasteiger partial charge on any atom is -0.496 e. The minimum atomic E-state index is -0.363. The number of carbonyl (C=O) groups is 1. The number of hydrogen-bond donors (Lipinski definition) is 0. The van der Waals surface area contributed by atoms with Crippen LogP contribution in [0.15, 0.2) is 12.1 Å². The van der Waals surface area contributed by atoms with Crippen LogP contribution in [-0.2, 0) is 4.74 Å². The average Bonchev–Trinajstić information content (AvgIpc) is 2.91. The molecule has 0 unspecified atom stereocenters. The second kappa shape index (κ2) is 5.77. The highest BCUT2D eigenvalue weighted by Crippen LogP contribution is 2.33. The molecular weight excluding hydrogens is 345 g/mol. The summed E-state index contributed by atoms with van der Waals surface area (Å²) in [5, 5.41) is 0. The molecule has 0 radical (unpaired) electrons. The van der Waals surface area contributed by atoms with E-state index in [0.717, 1.165) is 22.3 Å². The Balaban J connectivity index is 2.41. The summed E-state index contributed by atoms with van der Waals surface area (Å²) in [6.07, 6.45) is 2.44. The van der Waals surface area contributed by atoms with Crippen molar-refractivity contribution in [2.45, 2.75) is 12.8 Å². The Hall–Kier alpha value is -0.980. The van der Waals surface area contributed by atoms with E-state index in [9.17, 15) is 4.79 Å². The van der Waals surface area contributed by atoms with E-state index in [1.165, 1.54) is 20.0 Å². The lowest BCUT2D eigenvalue weighted by atomic mass is 10.1. The van der Waals surface area contributed by atoms with E-state index in [-0.39, 0.29) is 5.97 Å². The normalized spacial score (nSPS) is 14.7. The Morgan fingerprint density at radius 1 is 1.28 bits per heavy atom. The number of ether oxygens (including phenoxy) is 2. The third-order valence-electron chi connectivity index (χ3n) is 3.12. The zero-order chi connectivity index (χ0) is 13.1. The van der Waals surface area contributed by atoms with Gasteiger partial charge in [-0.05, 0) is 41.5 Å². The van der Waals surface area contributed by atoms with Gasteiger partial charge in [0.2, 0.25) is 0 Å². The van der Waals surface area contributed by atoms with Crippen molar-refractivity contribution in [2.75, 3.05) is 32.2 Å². The molecule has 1 saturated heterocycles. The molecule has 0 atom stereocenters. The number of benzene rings is 1. The van der Waals surface area contributed by atoms with E-state index < -0.39 is 0 Å². The van der Waals surface area contributed by atoms with Crippen molar-refractivity contribution in [1.82, 2.24) is 0 Å². The first-order chi connectivity index (χ1) is 8.67. The molecule has 0 bridgehead atoms. The number of rotatable bonds is 3. The van der Waals surface area contributed by atoms with Crippen molar-refractivity contribution in [3.8, 4) is 5.75 Å². The Kier molecular flexibility index (Phi) is 4.31. The van der Waals surface area contributed by atoms with Crippen LogP contribution in [0.25, 0.3) is 0 Å². The van der Waals surface area contributed by atoms with Crippen molar-refractivity contribution in [3.63, 3.8) is 0 Å². The first kappa shape index (κ1) is 13.5. The third-order valence-corrected chi connectivity index (χ3v) is 3.99. The smallest absolute Gasteiger partial charge is 0.341 e. The molecule has 18 heavy (non-hydrogen) atoms. The summed E-state index contributed by atoms with van der Waals surface area (Å²) in [6.45, 7) is 2.13. The van der Waals surface area contributed by atoms with Gasteiger partial charge in [0.15, 0.2) is 0 Å². The molecule has 2 rings (SSSR count). The van der Waals surface area contributed by atoms with E-state index in [2.05, 4.69) is 27.5 Å². The van der Waals surface area contributed by atoms with Crippen LogP contribution in [0.1, 0.15) is 23.2 Å². The Morgan fingerprint density at radius 3 is 2.50 bits per heavy atom. The number of hydrogen-bond acceptors (Lipinski definition) is 4. The van der Waals surface area contributed by atoms with Crippen molar-refractivity contribution in [1.29, 1.82) is 0 Å². The molecule has 0 saturated carbocycles. The molecule has 5 heteroatoms. The summed E-state index contributed by atoms with van der Waals surface area (Å²) in [6, 6.07) is 3.76. The molecule has 0 aliphatic carbocycles. The minimum absolute atomic E-state index is 0.363.